The van der Waals surface area contributed by atoms with Crippen LogP contribution in [-0.4, -0.2) is 41.4 Å². The topological polar surface area (TPSA) is 109 Å². The number of urea groups is 1. The van der Waals surface area contributed by atoms with Crippen molar-refractivity contribution in [2.24, 2.45) is 5.92 Å². The first kappa shape index (κ1) is 21.9. The van der Waals surface area contributed by atoms with Crippen LogP contribution in [0.1, 0.15) is 35.4 Å². The Morgan fingerprint density at radius 1 is 1.00 bits per heavy atom. The summed E-state index contributed by atoms with van der Waals surface area (Å²) in [5.41, 5.74) is 0.205. The first-order valence-electron chi connectivity index (χ1n) is 11.5. The molecule has 0 bridgehead atoms. The van der Waals surface area contributed by atoms with Gasteiger partial charge in [0.25, 0.3) is 11.8 Å². The second-order valence-corrected chi connectivity index (χ2v) is 8.90. The quantitative estimate of drug-likeness (QED) is 0.571. The van der Waals surface area contributed by atoms with Crippen LogP contribution in [0, 0.1) is 5.92 Å². The molecule has 8 nitrogen and oxygen atoms in total. The lowest BCUT2D eigenvalue weighted by Crippen LogP contribution is -2.56. The van der Waals surface area contributed by atoms with Crippen LogP contribution in [0.4, 0.5) is 4.79 Å². The lowest BCUT2D eigenvalue weighted by Gasteiger charge is -2.40. The fourth-order valence-electron chi connectivity index (χ4n) is 5.10. The number of amides is 4. The van der Waals surface area contributed by atoms with Gasteiger partial charge in [0.1, 0.15) is 11.1 Å². The predicted molar refractivity (Wildman–Crippen MR) is 125 cm³/mol. The number of hydrogen-bond donors (Lipinski definition) is 2. The second kappa shape index (κ2) is 8.78. The Morgan fingerprint density at radius 2 is 1.71 bits per heavy atom. The number of piperidine rings is 1. The molecule has 0 saturated carbocycles. The van der Waals surface area contributed by atoms with E-state index in [4.69, 9.17) is 4.42 Å². The molecule has 174 valence electrons. The summed E-state index contributed by atoms with van der Waals surface area (Å²) >= 11 is 0. The average Bonchev–Trinajstić information content (AvgIpc) is 3.16. The van der Waals surface area contributed by atoms with E-state index in [2.05, 4.69) is 10.6 Å². The molecule has 2 aromatic carbocycles. The number of carbonyl (C=O) groups is 3. The van der Waals surface area contributed by atoms with Crippen LogP contribution < -0.4 is 16.1 Å². The zero-order valence-electron chi connectivity index (χ0n) is 18.6. The minimum absolute atomic E-state index is 0.00727. The van der Waals surface area contributed by atoms with Crippen LogP contribution in [0.15, 0.2) is 69.9 Å². The summed E-state index contributed by atoms with van der Waals surface area (Å²) < 4.78 is 5.71. The third-order valence-electron chi connectivity index (χ3n) is 6.94. The van der Waals surface area contributed by atoms with E-state index < -0.39 is 11.6 Å². The third kappa shape index (κ3) is 3.96. The summed E-state index contributed by atoms with van der Waals surface area (Å²) in [6.07, 6.45) is 2.22. The maximum Gasteiger partial charge on any atom is 0.322 e. The predicted octanol–water partition coefficient (Wildman–Crippen LogP) is 2.86. The molecular weight excluding hydrogens is 434 g/mol. The molecule has 1 aromatic heterocycles. The number of aryl methyl sites for hydroxylation is 1. The minimum atomic E-state index is -1.00. The molecule has 2 fully saturated rings. The zero-order chi connectivity index (χ0) is 23.7. The van der Waals surface area contributed by atoms with E-state index in [-0.39, 0.29) is 28.9 Å². The van der Waals surface area contributed by atoms with Gasteiger partial charge >= 0.3 is 6.03 Å². The fourth-order valence-corrected chi connectivity index (χ4v) is 5.10. The Kier molecular flexibility index (Phi) is 5.65. The van der Waals surface area contributed by atoms with Gasteiger partial charge in [-0.1, -0.05) is 42.5 Å². The number of nitrogens with zero attached hydrogens (tertiary/aromatic N) is 1. The van der Waals surface area contributed by atoms with Crippen molar-refractivity contribution in [1.29, 1.82) is 0 Å². The largest absolute Gasteiger partial charge is 0.451 e. The lowest BCUT2D eigenvalue weighted by molar-refractivity contribution is -0.126. The van der Waals surface area contributed by atoms with Gasteiger partial charge in [-0.25, -0.2) is 4.79 Å². The molecule has 0 radical (unpaired) electrons. The Balaban J connectivity index is 1.31. The Morgan fingerprint density at radius 3 is 2.41 bits per heavy atom. The van der Waals surface area contributed by atoms with Crippen LogP contribution in [-0.2, 0) is 11.2 Å². The van der Waals surface area contributed by atoms with Crippen LogP contribution in [0.5, 0.6) is 0 Å². The SMILES string of the molecule is O=C1NC(=O)C(CCc2ccccc2)(C2CCN(C(=O)c3cc(=O)c4ccccc4o3)CC2)N1. The number of rotatable bonds is 5. The molecule has 2 N–H and O–H groups in total. The molecule has 0 aliphatic carbocycles. The van der Waals surface area contributed by atoms with E-state index in [1.165, 1.54) is 6.07 Å². The number of imide groups is 1. The van der Waals surface area contributed by atoms with Crippen LogP contribution >= 0.6 is 0 Å². The van der Waals surface area contributed by atoms with Gasteiger partial charge in [-0.15, -0.1) is 0 Å². The Bertz CT molecular complexity index is 1310. The normalized spacial score (nSPS) is 20.9. The first-order valence-corrected chi connectivity index (χ1v) is 11.5. The Hall–Kier alpha value is -3.94. The number of carbonyl (C=O) groups excluding carboxylic acids is 3. The molecule has 3 aromatic rings. The van der Waals surface area contributed by atoms with Gasteiger partial charge in [0.05, 0.1) is 5.39 Å². The lowest BCUT2D eigenvalue weighted by atomic mass is 9.74. The molecular formula is C26H25N3O5. The molecule has 2 saturated heterocycles. The van der Waals surface area contributed by atoms with Gasteiger partial charge in [-0.2, -0.15) is 0 Å². The van der Waals surface area contributed by atoms with E-state index in [0.717, 1.165) is 5.56 Å². The number of hydrogen-bond acceptors (Lipinski definition) is 5. The number of benzene rings is 2. The summed E-state index contributed by atoms with van der Waals surface area (Å²) in [7, 11) is 0. The summed E-state index contributed by atoms with van der Waals surface area (Å²) in [5.74, 6) is -0.763. The molecule has 2 aliphatic rings. The van der Waals surface area contributed by atoms with Gasteiger partial charge < -0.3 is 14.6 Å². The van der Waals surface area contributed by atoms with Gasteiger partial charge in [-0.05, 0) is 49.3 Å². The first-order chi connectivity index (χ1) is 16.5. The van der Waals surface area contributed by atoms with Crippen molar-refractivity contribution in [1.82, 2.24) is 15.5 Å². The highest BCUT2D eigenvalue weighted by Crippen LogP contribution is 2.35. The summed E-state index contributed by atoms with van der Waals surface area (Å²) in [6, 6.07) is 17.4. The number of nitrogens with one attached hydrogen (secondary N) is 2. The molecule has 34 heavy (non-hydrogen) atoms. The van der Waals surface area contributed by atoms with Gasteiger partial charge in [0.15, 0.2) is 11.2 Å². The molecule has 1 atom stereocenters. The average molecular weight is 460 g/mol. The highest BCUT2D eigenvalue weighted by atomic mass is 16.3. The van der Waals surface area contributed by atoms with Crippen molar-refractivity contribution in [3.8, 4) is 0 Å². The third-order valence-corrected chi connectivity index (χ3v) is 6.94. The highest BCUT2D eigenvalue weighted by molar-refractivity contribution is 6.07. The van der Waals surface area contributed by atoms with Crippen LogP contribution in [0.2, 0.25) is 0 Å². The number of likely N-dealkylation sites (tertiary alicyclic amines) is 1. The van der Waals surface area contributed by atoms with Crippen molar-refractivity contribution in [3.05, 3.63) is 82.2 Å². The molecule has 3 heterocycles. The maximum absolute atomic E-state index is 13.1. The van der Waals surface area contributed by atoms with Gasteiger partial charge in [0.2, 0.25) is 0 Å². The maximum atomic E-state index is 13.1. The standard InChI is InChI=1S/C26H25N3O5/c30-20-16-22(34-21-9-5-4-8-19(20)21)23(31)29-14-11-18(12-15-29)26(24(32)27-25(33)28-26)13-10-17-6-2-1-3-7-17/h1-9,16,18H,10-15H2,(H2,27,28,32,33). The second-order valence-electron chi connectivity index (χ2n) is 8.90. The zero-order valence-corrected chi connectivity index (χ0v) is 18.6. The summed E-state index contributed by atoms with van der Waals surface area (Å²) in [6.45, 7) is 0.798. The van der Waals surface area contributed by atoms with Gasteiger partial charge in [-0.3, -0.25) is 19.7 Å². The van der Waals surface area contributed by atoms with E-state index in [9.17, 15) is 19.2 Å². The van der Waals surface area contributed by atoms with Crippen molar-refractivity contribution < 1.29 is 18.8 Å². The summed E-state index contributed by atoms with van der Waals surface area (Å²) in [4.78, 5) is 52.1. The van der Waals surface area contributed by atoms with E-state index in [1.807, 2.05) is 30.3 Å². The molecule has 1 unspecified atom stereocenters. The highest BCUT2D eigenvalue weighted by Gasteiger charge is 2.52. The minimum Gasteiger partial charge on any atom is -0.451 e. The van der Waals surface area contributed by atoms with Crippen molar-refractivity contribution in [2.45, 2.75) is 31.2 Å². The van der Waals surface area contributed by atoms with Crippen molar-refractivity contribution in [2.75, 3.05) is 13.1 Å². The monoisotopic (exact) mass is 459 g/mol. The molecule has 2 aliphatic heterocycles. The van der Waals surface area contributed by atoms with E-state index in [0.29, 0.717) is 49.7 Å². The van der Waals surface area contributed by atoms with Crippen molar-refractivity contribution in [3.63, 3.8) is 0 Å². The Labute approximate surface area is 195 Å². The summed E-state index contributed by atoms with van der Waals surface area (Å²) in [5, 5.41) is 5.73. The van der Waals surface area contributed by atoms with Crippen LogP contribution in [0.3, 0.4) is 0 Å². The van der Waals surface area contributed by atoms with Crippen molar-refractivity contribution >= 4 is 28.8 Å². The molecule has 4 amide bonds. The van der Waals surface area contributed by atoms with E-state index in [1.54, 1.807) is 29.2 Å². The molecule has 8 heteroatoms. The molecule has 0 spiro atoms. The molecule has 5 rings (SSSR count). The van der Waals surface area contributed by atoms with Crippen LogP contribution in [0.25, 0.3) is 11.0 Å². The van der Waals surface area contributed by atoms with E-state index >= 15 is 0 Å². The smallest absolute Gasteiger partial charge is 0.322 e. The number of fused-ring (bicyclic) bond motifs is 1. The van der Waals surface area contributed by atoms with Gasteiger partial charge in [0, 0.05) is 19.2 Å². The number of para-hydroxylation sites is 1. The fraction of sp³-hybridized carbons (Fsp3) is 0.308.